The summed E-state index contributed by atoms with van der Waals surface area (Å²) in [6.45, 7) is 3.46. The number of amides is 3. The molecule has 262 valence electrons. The van der Waals surface area contributed by atoms with Crippen molar-refractivity contribution in [2.24, 2.45) is 0 Å². The SMILES string of the molecule is CC1=CC(=O)N(c2ccc(C(=O)CC(=O)c3cccc(C(=O)Oc4ccc(NC(=O)c5cccc(C(=O)Oc6ccc(C)cc6)c5)cc4)c3)cc2)C1=O. The molecular formula is C42H30N2O9. The van der Waals surface area contributed by atoms with Crippen molar-refractivity contribution in [3.63, 3.8) is 0 Å². The summed E-state index contributed by atoms with van der Waals surface area (Å²) >= 11 is 0. The van der Waals surface area contributed by atoms with Crippen LogP contribution in [-0.2, 0) is 9.59 Å². The standard InChI is InChI=1S/C42H30N2O9/c1-25-9-17-34(18-10-25)52-42(51)31-8-4-6-29(23-31)39(48)43-32-13-19-35(20-14-32)53-41(50)30-7-3-5-28(22-30)37(46)24-36(45)27-11-15-33(16-12-27)44-38(47)21-26(2)40(44)49/h3-23H,24H2,1-2H3,(H,43,48). The molecular weight excluding hydrogens is 676 g/mol. The zero-order valence-corrected chi connectivity index (χ0v) is 28.5. The second-order valence-electron chi connectivity index (χ2n) is 12.1. The van der Waals surface area contributed by atoms with Gasteiger partial charge in [-0.1, -0.05) is 35.9 Å². The lowest BCUT2D eigenvalue weighted by Gasteiger charge is -2.14. The van der Waals surface area contributed by atoms with Gasteiger partial charge in [-0.25, -0.2) is 14.5 Å². The van der Waals surface area contributed by atoms with Gasteiger partial charge in [0.05, 0.1) is 23.2 Å². The lowest BCUT2D eigenvalue weighted by atomic mass is 10.00. The van der Waals surface area contributed by atoms with Gasteiger partial charge >= 0.3 is 11.9 Å². The van der Waals surface area contributed by atoms with E-state index in [4.69, 9.17) is 9.47 Å². The summed E-state index contributed by atoms with van der Waals surface area (Å²) in [6, 6.07) is 30.7. The van der Waals surface area contributed by atoms with Gasteiger partial charge < -0.3 is 14.8 Å². The molecule has 0 spiro atoms. The fraction of sp³-hybridized carbons (Fsp3) is 0.0714. The molecule has 6 rings (SSSR count). The van der Waals surface area contributed by atoms with Gasteiger partial charge in [0.1, 0.15) is 11.5 Å². The summed E-state index contributed by atoms with van der Waals surface area (Å²) in [5.41, 5.74) is 2.90. The lowest BCUT2D eigenvalue weighted by molar-refractivity contribution is -0.120. The lowest BCUT2D eigenvalue weighted by Crippen LogP contribution is -2.30. The smallest absolute Gasteiger partial charge is 0.343 e. The quantitative estimate of drug-likeness (QED) is 0.0505. The number of Topliss-reactive ketones (excluding diaryl/α,β-unsaturated/α-hetero) is 2. The predicted molar refractivity (Wildman–Crippen MR) is 194 cm³/mol. The number of hydrogen-bond acceptors (Lipinski definition) is 9. The Morgan fingerprint density at radius 2 is 1.09 bits per heavy atom. The zero-order chi connectivity index (χ0) is 37.6. The molecule has 1 aliphatic rings. The van der Waals surface area contributed by atoms with Crippen molar-refractivity contribution in [3.8, 4) is 11.5 Å². The van der Waals surface area contributed by atoms with Crippen molar-refractivity contribution >= 4 is 52.6 Å². The maximum absolute atomic E-state index is 13.0. The van der Waals surface area contributed by atoms with Crippen LogP contribution < -0.4 is 19.7 Å². The van der Waals surface area contributed by atoms with Crippen molar-refractivity contribution in [3.05, 3.63) is 166 Å². The fourth-order valence-corrected chi connectivity index (χ4v) is 5.33. The highest BCUT2D eigenvalue weighted by Crippen LogP contribution is 2.24. The van der Waals surface area contributed by atoms with E-state index in [-0.39, 0.29) is 33.6 Å². The average Bonchev–Trinajstić information content (AvgIpc) is 3.42. The van der Waals surface area contributed by atoms with Crippen LogP contribution in [0.25, 0.3) is 0 Å². The van der Waals surface area contributed by atoms with E-state index < -0.39 is 47.6 Å². The first-order valence-electron chi connectivity index (χ1n) is 16.3. The number of ketones is 2. The summed E-state index contributed by atoms with van der Waals surface area (Å²) in [4.78, 5) is 89.7. The molecule has 11 heteroatoms. The maximum Gasteiger partial charge on any atom is 0.343 e. The minimum absolute atomic E-state index is 0.0784. The van der Waals surface area contributed by atoms with Crippen molar-refractivity contribution in [2.45, 2.75) is 20.3 Å². The molecule has 0 fully saturated rings. The molecule has 3 amide bonds. The Labute approximate surface area is 303 Å². The monoisotopic (exact) mass is 706 g/mol. The Balaban J connectivity index is 1.02. The molecule has 0 unspecified atom stereocenters. The van der Waals surface area contributed by atoms with Crippen LogP contribution in [0.1, 0.15) is 70.7 Å². The maximum atomic E-state index is 13.0. The molecule has 0 bridgehead atoms. The summed E-state index contributed by atoms with van der Waals surface area (Å²) in [5, 5.41) is 2.73. The number of imide groups is 1. The number of nitrogens with zero attached hydrogens (tertiary/aromatic N) is 1. The number of benzene rings is 5. The van der Waals surface area contributed by atoms with Crippen molar-refractivity contribution in [1.82, 2.24) is 0 Å². The highest BCUT2D eigenvalue weighted by atomic mass is 16.5. The number of anilines is 2. The van der Waals surface area contributed by atoms with Crippen molar-refractivity contribution in [2.75, 3.05) is 10.2 Å². The Morgan fingerprint density at radius 3 is 1.66 bits per heavy atom. The number of carbonyl (C=O) groups is 7. The van der Waals surface area contributed by atoms with Gasteiger partial charge in [0, 0.05) is 34.0 Å². The summed E-state index contributed by atoms with van der Waals surface area (Å²) in [6.07, 6.45) is 0.760. The minimum Gasteiger partial charge on any atom is -0.423 e. The van der Waals surface area contributed by atoms with Gasteiger partial charge in [-0.3, -0.25) is 24.0 Å². The molecule has 0 aromatic heterocycles. The number of carbonyl (C=O) groups excluding carboxylic acids is 7. The molecule has 1 aliphatic heterocycles. The third-order valence-electron chi connectivity index (χ3n) is 8.20. The number of ether oxygens (including phenoxy) is 2. The molecule has 1 N–H and O–H groups in total. The van der Waals surface area contributed by atoms with E-state index in [1.54, 1.807) is 37.3 Å². The van der Waals surface area contributed by atoms with E-state index in [0.717, 1.165) is 10.5 Å². The summed E-state index contributed by atoms with van der Waals surface area (Å²) in [7, 11) is 0. The van der Waals surface area contributed by atoms with Crippen LogP contribution in [0.2, 0.25) is 0 Å². The van der Waals surface area contributed by atoms with Crippen LogP contribution in [-0.4, -0.2) is 41.2 Å². The molecule has 1 heterocycles. The van der Waals surface area contributed by atoms with Gasteiger partial charge in [-0.15, -0.1) is 0 Å². The van der Waals surface area contributed by atoms with Crippen LogP contribution in [0.3, 0.4) is 0 Å². The Bertz CT molecular complexity index is 2320. The number of esters is 2. The molecule has 5 aromatic rings. The van der Waals surface area contributed by atoms with E-state index in [1.807, 2.05) is 19.1 Å². The number of rotatable bonds is 11. The van der Waals surface area contributed by atoms with E-state index >= 15 is 0 Å². The van der Waals surface area contributed by atoms with Gasteiger partial charge in [0.15, 0.2) is 11.6 Å². The summed E-state index contributed by atoms with van der Waals surface area (Å²) < 4.78 is 10.9. The van der Waals surface area contributed by atoms with Crippen LogP contribution in [0, 0.1) is 6.92 Å². The number of hydrogen-bond donors (Lipinski definition) is 1. The van der Waals surface area contributed by atoms with Gasteiger partial charge in [-0.05, 0) is 105 Å². The molecule has 0 atom stereocenters. The molecule has 53 heavy (non-hydrogen) atoms. The van der Waals surface area contributed by atoms with Crippen LogP contribution >= 0.6 is 0 Å². The molecule has 5 aromatic carbocycles. The first kappa shape index (κ1) is 35.6. The normalized spacial score (nSPS) is 12.2. The van der Waals surface area contributed by atoms with Crippen LogP contribution in [0.5, 0.6) is 11.5 Å². The Hall–Kier alpha value is -7.27. The summed E-state index contributed by atoms with van der Waals surface area (Å²) in [5.74, 6) is -3.18. The highest BCUT2D eigenvalue weighted by molar-refractivity contribution is 6.30. The third-order valence-corrected chi connectivity index (χ3v) is 8.20. The average molecular weight is 707 g/mol. The first-order valence-corrected chi connectivity index (χ1v) is 16.3. The van der Waals surface area contributed by atoms with Gasteiger partial charge in [0.25, 0.3) is 17.7 Å². The molecule has 0 saturated carbocycles. The first-order chi connectivity index (χ1) is 25.4. The Morgan fingerprint density at radius 1 is 0.585 bits per heavy atom. The van der Waals surface area contributed by atoms with E-state index in [9.17, 15) is 33.6 Å². The largest absolute Gasteiger partial charge is 0.423 e. The minimum atomic E-state index is -0.747. The number of aryl methyl sites for hydroxylation is 1. The topological polar surface area (TPSA) is 153 Å². The molecule has 0 saturated heterocycles. The second-order valence-corrected chi connectivity index (χ2v) is 12.1. The highest BCUT2D eigenvalue weighted by Gasteiger charge is 2.30. The third kappa shape index (κ3) is 8.38. The van der Waals surface area contributed by atoms with Crippen molar-refractivity contribution < 1.29 is 43.0 Å². The van der Waals surface area contributed by atoms with Gasteiger partial charge in [0.2, 0.25) is 0 Å². The van der Waals surface area contributed by atoms with E-state index in [1.165, 1.54) is 84.9 Å². The van der Waals surface area contributed by atoms with E-state index in [0.29, 0.717) is 22.7 Å². The van der Waals surface area contributed by atoms with Crippen molar-refractivity contribution in [1.29, 1.82) is 0 Å². The van der Waals surface area contributed by atoms with Crippen LogP contribution in [0.4, 0.5) is 11.4 Å². The molecule has 0 aliphatic carbocycles. The number of nitrogens with one attached hydrogen (secondary N) is 1. The van der Waals surface area contributed by atoms with Gasteiger partial charge in [-0.2, -0.15) is 0 Å². The molecule has 0 radical (unpaired) electrons. The predicted octanol–water partition coefficient (Wildman–Crippen LogP) is 6.96. The molecule has 11 nitrogen and oxygen atoms in total. The Kier molecular flexibility index (Phi) is 10.3. The van der Waals surface area contributed by atoms with E-state index in [2.05, 4.69) is 5.32 Å². The second kappa shape index (κ2) is 15.3. The zero-order valence-electron chi connectivity index (χ0n) is 28.5. The fourth-order valence-electron chi connectivity index (χ4n) is 5.33. The van der Waals surface area contributed by atoms with Crippen LogP contribution in [0.15, 0.2) is 133 Å².